The fourth-order valence-corrected chi connectivity index (χ4v) is 1.52. The van der Waals surface area contributed by atoms with Crippen LogP contribution in [0.3, 0.4) is 0 Å². The molecule has 1 rings (SSSR count). The zero-order chi connectivity index (χ0) is 15.9. The third-order valence-corrected chi connectivity index (χ3v) is 2.45. The minimum atomic E-state index is -1.51. The predicted octanol–water partition coefficient (Wildman–Crippen LogP) is 0.827. The number of carboxylic acids is 1. The second-order valence-electron chi connectivity index (χ2n) is 4.69. The van der Waals surface area contributed by atoms with Gasteiger partial charge in [-0.15, -0.1) is 0 Å². The first kappa shape index (κ1) is 16.7. The molecule has 0 bridgehead atoms. The van der Waals surface area contributed by atoms with E-state index in [1.807, 2.05) is 6.92 Å². The third kappa shape index (κ3) is 6.57. The van der Waals surface area contributed by atoms with Gasteiger partial charge in [-0.2, -0.15) is 0 Å². The number of hydrogen-bond acceptors (Lipinski definition) is 5. The summed E-state index contributed by atoms with van der Waals surface area (Å²) in [6, 6.07) is 2.67. The number of nitrogens with one attached hydrogen (secondary N) is 2. The number of anilines is 1. The average molecular weight is 297 g/mol. The lowest BCUT2D eigenvalue weighted by atomic mass is 10.0. The summed E-state index contributed by atoms with van der Waals surface area (Å²) in [5.41, 5.74) is -1.06. The van der Waals surface area contributed by atoms with Crippen LogP contribution in [-0.4, -0.2) is 46.0 Å². The summed E-state index contributed by atoms with van der Waals surface area (Å²) in [6.45, 7) is 3.48. The molecule has 1 atom stereocenters. The fourth-order valence-electron chi connectivity index (χ4n) is 1.52. The summed E-state index contributed by atoms with van der Waals surface area (Å²) in [5.74, 6) is -0.689. The predicted molar refractivity (Wildman–Crippen MR) is 75.3 cm³/mol. The van der Waals surface area contributed by atoms with Crippen molar-refractivity contribution in [3.8, 4) is 5.88 Å². The molecule has 1 aromatic rings. The molecule has 1 heterocycles. The number of ether oxygens (including phenoxy) is 1. The lowest BCUT2D eigenvalue weighted by Crippen LogP contribution is -2.43. The number of urea groups is 1. The van der Waals surface area contributed by atoms with Gasteiger partial charge in [0.25, 0.3) is 0 Å². The van der Waals surface area contributed by atoms with Crippen molar-refractivity contribution < 1.29 is 24.5 Å². The zero-order valence-electron chi connectivity index (χ0n) is 11.9. The molecule has 8 nitrogen and oxygen atoms in total. The molecule has 4 N–H and O–H groups in total. The maximum atomic E-state index is 11.6. The number of carboxylic acid groups (broad SMARTS) is 1. The lowest BCUT2D eigenvalue weighted by Gasteiger charge is -2.21. The minimum absolute atomic E-state index is 0.185. The molecule has 0 fully saturated rings. The van der Waals surface area contributed by atoms with Crippen molar-refractivity contribution in [2.24, 2.45) is 0 Å². The van der Waals surface area contributed by atoms with Crippen LogP contribution in [0.4, 0.5) is 10.5 Å². The molecule has 2 amide bonds. The van der Waals surface area contributed by atoms with E-state index in [1.165, 1.54) is 13.1 Å². The molecule has 21 heavy (non-hydrogen) atoms. The Hall–Kier alpha value is -2.35. The number of carbonyl (C=O) groups is 2. The lowest BCUT2D eigenvalue weighted by molar-refractivity contribution is -0.141. The Morgan fingerprint density at radius 1 is 1.43 bits per heavy atom. The van der Waals surface area contributed by atoms with Crippen molar-refractivity contribution in [1.29, 1.82) is 0 Å². The number of nitrogens with zero attached hydrogens (tertiary/aromatic N) is 1. The molecular weight excluding hydrogens is 278 g/mol. The molecular formula is C13H19N3O5. The van der Waals surface area contributed by atoms with Gasteiger partial charge in [0.05, 0.1) is 30.5 Å². The van der Waals surface area contributed by atoms with E-state index in [2.05, 4.69) is 15.6 Å². The smallest absolute Gasteiger partial charge is 0.319 e. The van der Waals surface area contributed by atoms with E-state index in [1.54, 1.807) is 12.1 Å². The van der Waals surface area contributed by atoms with Crippen molar-refractivity contribution >= 4 is 17.7 Å². The summed E-state index contributed by atoms with van der Waals surface area (Å²) in [5, 5.41) is 23.3. The van der Waals surface area contributed by atoms with Crippen LogP contribution in [0, 0.1) is 0 Å². The molecule has 116 valence electrons. The van der Waals surface area contributed by atoms with Crippen molar-refractivity contribution in [3.05, 3.63) is 18.3 Å². The molecule has 0 aliphatic heterocycles. The van der Waals surface area contributed by atoms with E-state index < -0.39 is 24.0 Å². The Morgan fingerprint density at radius 3 is 2.67 bits per heavy atom. The molecule has 1 unspecified atom stereocenters. The summed E-state index contributed by atoms with van der Waals surface area (Å²) in [7, 11) is 0. The molecule has 0 aliphatic carbocycles. The summed E-state index contributed by atoms with van der Waals surface area (Å²) < 4.78 is 5.17. The van der Waals surface area contributed by atoms with E-state index in [-0.39, 0.29) is 6.54 Å². The standard InChI is InChI=1S/C13H19N3O5/c1-3-21-10-5-4-9(7-14-10)16-12(19)15-8-13(2,20)6-11(17)18/h4-5,7,20H,3,6,8H2,1-2H3,(H,17,18)(H2,15,16,19). The van der Waals surface area contributed by atoms with Crippen LogP contribution in [0.5, 0.6) is 5.88 Å². The quantitative estimate of drug-likeness (QED) is 0.591. The number of aromatic nitrogens is 1. The Labute approximate surface area is 122 Å². The number of aliphatic hydroxyl groups is 1. The number of aliphatic carboxylic acids is 1. The van der Waals surface area contributed by atoms with E-state index in [9.17, 15) is 14.7 Å². The van der Waals surface area contributed by atoms with E-state index in [0.29, 0.717) is 18.2 Å². The summed E-state index contributed by atoms with van der Waals surface area (Å²) in [6.07, 6.45) is 0.970. The van der Waals surface area contributed by atoms with Gasteiger partial charge >= 0.3 is 12.0 Å². The SMILES string of the molecule is CCOc1ccc(NC(=O)NCC(C)(O)CC(=O)O)cn1. The largest absolute Gasteiger partial charge is 0.481 e. The van der Waals surface area contributed by atoms with Gasteiger partial charge in [-0.25, -0.2) is 9.78 Å². The Bertz CT molecular complexity index is 487. The molecule has 0 saturated carbocycles. The highest BCUT2D eigenvalue weighted by Gasteiger charge is 2.24. The van der Waals surface area contributed by atoms with Gasteiger partial charge in [0.1, 0.15) is 0 Å². The maximum Gasteiger partial charge on any atom is 0.319 e. The Morgan fingerprint density at radius 2 is 2.14 bits per heavy atom. The highest BCUT2D eigenvalue weighted by Crippen LogP contribution is 2.11. The number of carbonyl (C=O) groups excluding carboxylic acids is 1. The second kappa shape index (κ2) is 7.44. The number of hydrogen-bond donors (Lipinski definition) is 4. The van der Waals surface area contributed by atoms with Gasteiger partial charge in [0, 0.05) is 12.6 Å². The van der Waals surface area contributed by atoms with Crippen LogP contribution >= 0.6 is 0 Å². The zero-order valence-corrected chi connectivity index (χ0v) is 11.9. The van der Waals surface area contributed by atoms with Crippen molar-refractivity contribution in [2.75, 3.05) is 18.5 Å². The average Bonchev–Trinajstić information content (AvgIpc) is 2.38. The van der Waals surface area contributed by atoms with Gasteiger partial charge in [-0.1, -0.05) is 0 Å². The van der Waals surface area contributed by atoms with Gasteiger partial charge in [-0.05, 0) is 19.9 Å². The minimum Gasteiger partial charge on any atom is -0.481 e. The highest BCUT2D eigenvalue weighted by atomic mass is 16.5. The van der Waals surface area contributed by atoms with Gasteiger partial charge in [0.2, 0.25) is 5.88 Å². The van der Waals surface area contributed by atoms with Crippen LogP contribution in [0.2, 0.25) is 0 Å². The third-order valence-electron chi connectivity index (χ3n) is 2.45. The van der Waals surface area contributed by atoms with E-state index in [0.717, 1.165) is 0 Å². The molecule has 0 aliphatic rings. The summed E-state index contributed by atoms with van der Waals surface area (Å²) in [4.78, 5) is 26.1. The molecule has 1 aromatic heterocycles. The first-order valence-electron chi connectivity index (χ1n) is 6.40. The number of pyridine rings is 1. The fraction of sp³-hybridized carbons (Fsp3) is 0.462. The van der Waals surface area contributed by atoms with Crippen LogP contribution < -0.4 is 15.4 Å². The monoisotopic (exact) mass is 297 g/mol. The maximum absolute atomic E-state index is 11.6. The molecule has 8 heteroatoms. The highest BCUT2D eigenvalue weighted by molar-refractivity contribution is 5.89. The second-order valence-corrected chi connectivity index (χ2v) is 4.69. The van der Waals surface area contributed by atoms with Gasteiger partial charge in [-0.3, -0.25) is 4.79 Å². The molecule has 0 saturated heterocycles. The molecule has 0 spiro atoms. The molecule has 0 aromatic carbocycles. The first-order valence-corrected chi connectivity index (χ1v) is 6.40. The number of rotatable bonds is 7. The van der Waals surface area contributed by atoms with Crippen molar-refractivity contribution in [3.63, 3.8) is 0 Å². The topological polar surface area (TPSA) is 121 Å². The molecule has 0 radical (unpaired) electrons. The van der Waals surface area contributed by atoms with Crippen LogP contribution in [-0.2, 0) is 4.79 Å². The van der Waals surface area contributed by atoms with Gasteiger partial charge < -0.3 is 25.6 Å². The number of amides is 2. The normalized spacial score (nSPS) is 13.1. The van der Waals surface area contributed by atoms with Gasteiger partial charge in [0.15, 0.2) is 0 Å². The van der Waals surface area contributed by atoms with Crippen molar-refractivity contribution in [1.82, 2.24) is 10.3 Å². The van der Waals surface area contributed by atoms with Crippen LogP contribution in [0.15, 0.2) is 18.3 Å². The van der Waals surface area contributed by atoms with Crippen molar-refractivity contribution in [2.45, 2.75) is 25.9 Å². The van der Waals surface area contributed by atoms with Crippen LogP contribution in [0.25, 0.3) is 0 Å². The van der Waals surface area contributed by atoms with E-state index in [4.69, 9.17) is 9.84 Å². The van der Waals surface area contributed by atoms with Crippen LogP contribution in [0.1, 0.15) is 20.3 Å². The first-order chi connectivity index (χ1) is 9.82. The Kier molecular flexibility index (Phi) is 5.92. The summed E-state index contributed by atoms with van der Waals surface area (Å²) >= 11 is 0. The Balaban J connectivity index is 2.44. The van der Waals surface area contributed by atoms with E-state index >= 15 is 0 Å².